The monoisotopic (exact) mass is 313 g/mol. The lowest BCUT2D eigenvalue weighted by Gasteiger charge is -2.17. The Kier molecular flexibility index (Phi) is 4.08. The SMILES string of the molecule is CC(C(=O)Nc1ccc(F)cc1)n1c(CO)nc2ccccc21. The van der Waals surface area contributed by atoms with Crippen molar-refractivity contribution in [1.82, 2.24) is 9.55 Å². The maximum atomic E-state index is 12.9. The van der Waals surface area contributed by atoms with Crippen molar-refractivity contribution in [3.63, 3.8) is 0 Å². The van der Waals surface area contributed by atoms with Crippen molar-refractivity contribution < 1.29 is 14.3 Å². The number of halogens is 1. The number of rotatable bonds is 4. The Bertz CT molecular complexity index is 843. The van der Waals surface area contributed by atoms with E-state index >= 15 is 0 Å². The van der Waals surface area contributed by atoms with Gasteiger partial charge in [-0.15, -0.1) is 0 Å². The molecule has 118 valence electrons. The van der Waals surface area contributed by atoms with Crippen molar-refractivity contribution in [2.75, 3.05) is 5.32 Å². The molecule has 0 bridgehead atoms. The Morgan fingerprint density at radius 3 is 2.65 bits per heavy atom. The van der Waals surface area contributed by atoms with Gasteiger partial charge in [-0.05, 0) is 43.3 Å². The summed E-state index contributed by atoms with van der Waals surface area (Å²) in [7, 11) is 0. The van der Waals surface area contributed by atoms with Crippen molar-refractivity contribution >= 4 is 22.6 Å². The number of aliphatic hydroxyl groups excluding tert-OH is 1. The molecule has 2 aromatic carbocycles. The quantitative estimate of drug-likeness (QED) is 0.778. The van der Waals surface area contributed by atoms with Crippen LogP contribution in [0.2, 0.25) is 0 Å². The van der Waals surface area contributed by atoms with Crippen molar-refractivity contribution in [3.05, 3.63) is 60.2 Å². The molecule has 0 aliphatic rings. The first-order valence-corrected chi connectivity index (χ1v) is 7.23. The Balaban J connectivity index is 1.91. The van der Waals surface area contributed by atoms with Gasteiger partial charge in [-0.25, -0.2) is 9.37 Å². The van der Waals surface area contributed by atoms with E-state index in [2.05, 4.69) is 10.3 Å². The molecule has 0 radical (unpaired) electrons. The van der Waals surface area contributed by atoms with E-state index in [1.54, 1.807) is 11.5 Å². The van der Waals surface area contributed by atoms with Gasteiger partial charge in [0.2, 0.25) is 5.91 Å². The number of nitrogens with zero attached hydrogens (tertiary/aromatic N) is 2. The largest absolute Gasteiger partial charge is 0.388 e. The number of aromatic nitrogens is 2. The Labute approximate surface area is 132 Å². The van der Waals surface area contributed by atoms with Gasteiger partial charge in [0.1, 0.15) is 24.3 Å². The number of carbonyl (C=O) groups excluding carboxylic acids is 1. The van der Waals surface area contributed by atoms with Crippen LogP contribution < -0.4 is 5.32 Å². The highest BCUT2D eigenvalue weighted by Gasteiger charge is 2.21. The van der Waals surface area contributed by atoms with E-state index < -0.39 is 6.04 Å². The van der Waals surface area contributed by atoms with Gasteiger partial charge < -0.3 is 15.0 Å². The van der Waals surface area contributed by atoms with E-state index in [0.29, 0.717) is 11.5 Å². The number of aliphatic hydroxyl groups is 1. The summed E-state index contributed by atoms with van der Waals surface area (Å²) in [5.74, 6) is -0.207. The number of para-hydroxylation sites is 2. The third-order valence-corrected chi connectivity index (χ3v) is 3.69. The molecule has 3 aromatic rings. The highest BCUT2D eigenvalue weighted by atomic mass is 19.1. The Morgan fingerprint density at radius 1 is 1.26 bits per heavy atom. The molecular formula is C17H16FN3O2. The molecule has 2 N–H and O–H groups in total. The first-order valence-electron chi connectivity index (χ1n) is 7.23. The summed E-state index contributed by atoms with van der Waals surface area (Å²) in [6.07, 6.45) is 0. The first kappa shape index (κ1) is 15.2. The fourth-order valence-electron chi connectivity index (χ4n) is 2.54. The van der Waals surface area contributed by atoms with Gasteiger partial charge in [-0.1, -0.05) is 12.1 Å². The standard InChI is InChI=1S/C17H16FN3O2/c1-11(17(23)19-13-8-6-12(18)7-9-13)21-15-5-3-2-4-14(15)20-16(21)10-22/h2-9,11,22H,10H2,1H3,(H,19,23). The fourth-order valence-corrected chi connectivity index (χ4v) is 2.54. The summed E-state index contributed by atoms with van der Waals surface area (Å²) >= 11 is 0. The van der Waals surface area contributed by atoms with E-state index in [9.17, 15) is 14.3 Å². The fraction of sp³-hybridized carbons (Fsp3) is 0.176. The van der Waals surface area contributed by atoms with Gasteiger partial charge in [0.05, 0.1) is 11.0 Å². The van der Waals surface area contributed by atoms with Gasteiger partial charge >= 0.3 is 0 Å². The van der Waals surface area contributed by atoms with E-state index in [4.69, 9.17) is 0 Å². The molecule has 0 saturated heterocycles. The molecule has 5 nitrogen and oxygen atoms in total. The minimum Gasteiger partial charge on any atom is -0.388 e. The van der Waals surface area contributed by atoms with E-state index in [0.717, 1.165) is 11.0 Å². The van der Waals surface area contributed by atoms with Crippen LogP contribution in [-0.4, -0.2) is 20.6 Å². The van der Waals surface area contributed by atoms with Crippen LogP contribution in [0.4, 0.5) is 10.1 Å². The van der Waals surface area contributed by atoms with Crippen molar-refractivity contribution in [3.8, 4) is 0 Å². The van der Waals surface area contributed by atoms with Crippen LogP contribution in [0.5, 0.6) is 0 Å². The Hall–Kier alpha value is -2.73. The number of nitrogens with one attached hydrogen (secondary N) is 1. The molecule has 1 unspecified atom stereocenters. The maximum Gasteiger partial charge on any atom is 0.247 e. The molecule has 0 spiro atoms. The molecule has 0 fully saturated rings. The second-order valence-electron chi connectivity index (χ2n) is 5.22. The zero-order chi connectivity index (χ0) is 16.4. The lowest BCUT2D eigenvalue weighted by Crippen LogP contribution is -2.25. The highest BCUT2D eigenvalue weighted by molar-refractivity contribution is 5.94. The van der Waals surface area contributed by atoms with E-state index in [1.807, 2.05) is 24.3 Å². The minimum atomic E-state index is -0.574. The minimum absolute atomic E-state index is 0.261. The highest BCUT2D eigenvalue weighted by Crippen LogP contribution is 2.22. The average Bonchev–Trinajstić information content (AvgIpc) is 2.94. The maximum absolute atomic E-state index is 12.9. The normalized spacial score (nSPS) is 12.3. The first-order chi connectivity index (χ1) is 11.1. The van der Waals surface area contributed by atoms with Gasteiger partial charge in [-0.3, -0.25) is 4.79 Å². The third kappa shape index (κ3) is 2.93. The molecule has 6 heteroatoms. The number of fused-ring (bicyclic) bond motifs is 1. The summed E-state index contributed by atoms with van der Waals surface area (Å²) in [5.41, 5.74) is 2.01. The summed E-state index contributed by atoms with van der Waals surface area (Å²) in [6, 6.07) is 12.4. The molecule has 3 rings (SSSR count). The number of anilines is 1. The van der Waals surface area contributed by atoms with Gasteiger partial charge in [0.25, 0.3) is 0 Å². The predicted octanol–water partition coefficient (Wildman–Crippen LogP) is 2.87. The van der Waals surface area contributed by atoms with Gasteiger partial charge in [-0.2, -0.15) is 0 Å². The number of carbonyl (C=O) groups is 1. The lowest BCUT2D eigenvalue weighted by atomic mass is 10.2. The summed E-state index contributed by atoms with van der Waals surface area (Å²) < 4.78 is 14.6. The van der Waals surface area contributed by atoms with Crippen LogP contribution in [0.3, 0.4) is 0 Å². The molecular weight excluding hydrogens is 297 g/mol. The third-order valence-electron chi connectivity index (χ3n) is 3.69. The number of imidazole rings is 1. The second kappa shape index (κ2) is 6.18. The van der Waals surface area contributed by atoms with Gasteiger partial charge in [0, 0.05) is 5.69 Å². The molecule has 23 heavy (non-hydrogen) atoms. The lowest BCUT2D eigenvalue weighted by molar-refractivity contribution is -0.118. The van der Waals surface area contributed by atoms with E-state index in [-0.39, 0.29) is 18.3 Å². The predicted molar refractivity (Wildman–Crippen MR) is 85.4 cm³/mol. The van der Waals surface area contributed by atoms with Crippen LogP contribution in [0.15, 0.2) is 48.5 Å². The number of benzene rings is 2. The van der Waals surface area contributed by atoms with Crippen LogP contribution >= 0.6 is 0 Å². The van der Waals surface area contributed by atoms with Crippen molar-refractivity contribution in [2.24, 2.45) is 0 Å². The summed E-state index contributed by atoms with van der Waals surface area (Å²) in [5, 5.41) is 12.3. The second-order valence-corrected chi connectivity index (χ2v) is 5.22. The number of hydrogen-bond donors (Lipinski definition) is 2. The van der Waals surface area contributed by atoms with E-state index in [1.165, 1.54) is 24.3 Å². The zero-order valence-electron chi connectivity index (χ0n) is 12.5. The zero-order valence-corrected chi connectivity index (χ0v) is 12.5. The summed E-state index contributed by atoms with van der Waals surface area (Å²) in [4.78, 5) is 16.8. The summed E-state index contributed by atoms with van der Waals surface area (Å²) in [6.45, 7) is 1.47. The molecule has 1 atom stereocenters. The van der Waals surface area contributed by atoms with Crippen LogP contribution in [0.25, 0.3) is 11.0 Å². The topological polar surface area (TPSA) is 67.2 Å². The molecule has 1 aromatic heterocycles. The molecule has 0 aliphatic carbocycles. The molecule has 0 aliphatic heterocycles. The van der Waals surface area contributed by atoms with Crippen molar-refractivity contribution in [2.45, 2.75) is 19.6 Å². The van der Waals surface area contributed by atoms with Crippen LogP contribution in [0.1, 0.15) is 18.8 Å². The van der Waals surface area contributed by atoms with Gasteiger partial charge in [0.15, 0.2) is 0 Å². The van der Waals surface area contributed by atoms with Crippen LogP contribution in [0, 0.1) is 5.82 Å². The average molecular weight is 313 g/mol. The number of hydrogen-bond acceptors (Lipinski definition) is 3. The Morgan fingerprint density at radius 2 is 1.96 bits per heavy atom. The number of amides is 1. The van der Waals surface area contributed by atoms with Crippen molar-refractivity contribution in [1.29, 1.82) is 0 Å². The van der Waals surface area contributed by atoms with Crippen LogP contribution in [-0.2, 0) is 11.4 Å². The molecule has 0 saturated carbocycles. The molecule has 1 amide bonds. The molecule has 1 heterocycles. The smallest absolute Gasteiger partial charge is 0.247 e.